The van der Waals surface area contributed by atoms with Gasteiger partial charge in [0.1, 0.15) is 11.6 Å². The van der Waals surface area contributed by atoms with E-state index in [2.05, 4.69) is 0 Å². The van der Waals surface area contributed by atoms with E-state index in [9.17, 15) is 14.5 Å². The lowest BCUT2D eigenvalue weighted by Gasteiger charge is -2.03. The Hall–Kier alpha value is -2.43. The number of phenolic OH excluding ortho intramolecular Hbond substituents is 1. The number of non-ortho nitro benzene ring substituents is 1. The largest absolute Gasteiger partial charge is 0.508 e. The van der Waals surface area contributed by atoms with Gasteiger partial charge in [-0.3, -0.25) is 10.1 Å². The Kier molecular flexibility index (Phi) is 2.74. The molecule has 2 rings (SSSR count). The zero-order chi connectivity index (χ0) is 12.4. The summed E-state index contributed by atoms with van der Waals surface area (Å²) >= 11 is 0. The number of hydrogen-bond acceptors (Lipinski definition) is 3. The Morgan fingerprint density at radius 2 is 1.94 bits per heavy atom. The van der Waals surface area contributed by atoms with Crippen molar-refractivity contribution in [1.29, 1.82) is 0 Å². The minimum atomic E-state index is -0.620. The molecule has 0 amide bonds. The van der Waals surface area contributed by atoms with Gasteiger partial charge in [-0.2, -0.15) is 0 Å². The molecule has 17 heavy (non-hydrogen) atoms. The molecule has 0 aliphatic rings. The van der Waals surface area contributed by atoms with Crippen molar-refractivity contribution in [3.63, 3.8) is 0 Å². The summed E-state index contributed by atoms with van der Waals surface area (Å²) in [6, 6.07) is 9.36. The van der Waals surface area contributed by atoms with E-state index in [-0.39, 0.29) is 17.0 Å². The fraction of sp³-hybridized carbons (Fsp3) is 0. The molecule has 0 aliphatic carbocycles. The van der Waals surface area contributed by atoms with Crippen molar-refractivity contribution >= 4 is 5.69 Å². The zero-order valence-electron chi connectivity index (χ0n) is 8.63. The predicted octanol–water partition coefficient (Wildman–Crippen LogP) is 3.11. The van der Waals surface area contributed by atoms with Gasteiger partial charge in [-0.25, -0.2) is 4.39 Å². The number of benzene rings is 2. The molecule has 0 aromatic heterocycles. The third kappa shape index (κ3) is 2.23. The third-order valence-electron chi connectivity index (χ3n) is 2.32. The lowest BCUT2D eigenvalue weighted by atomic mass is 10.0. The van der Waals surface area contributed by atoms with Crippen LogP contribution in [0.5, 0.6) is 5.75 Å². The molecule has 86 valence electrons. The van der Waals surface area contributed by atoms with Crippen LogP contribution in [0.25, 0.3) is 11.1 Å². The summed E-state index contributed by atoms with van der Waals surface area (Å²) < 4.78 is 13.5. The summed E-state index contributed by atoms with van der Waals surface area (Å²) in [5.41, 5.74) is 0.512. The van der Waals surface area contributed by atoms with Crippen LogP contribution in [0.2, 0.25) is 0 Å². The molecular weight excluding hydrogens is 225 g/mol. The predicted molar refractivity (Wildman–Crippen MR) is 60.2 cm³/mol. The molecule has 0 saturated heterocycles. The van der Waals surface area contributed by atoms with Gasteiger partial charge >= 0.3 is 0 Å². The van der Waals surface area contributed by atoms with E-state index in [4.69, 9.17) is 5.11 Å². The standard InChI is InChI=1S/C12H8FNO3/c13-12-7-10(15)4-5-11(12)8-2-1-3-9(6-8)14(16)17/h1-7,15H. The van der Waals surface area contributed by atoms with E-state index in [1.54, 1.807) is 6.07 Å². The van der Waals surface area contributed by atoms with E-state index >= 15 is 0 Å². The summed E-state index contributed by atoms with van der Waals surface area (Å²) in [6.45, 7) is 0. The zero-order valence-corrected chi connectivity index (χ0v) is 8.63. The molecule has 2 aromatic carbocycles. The number of halogens is 1. The maximum Gasteiger partial charge on any atom is 0.270 e. The highest BCUT2D eigenvalue weighted by Gasteiger charge is 2.10. The van der Waals surface area contributed by atoms with Crippen molar-refractivity contribution < 1.29 is 14.4 Å². The Morgan fingerprint density at radius 3 is 2.59 bits per heavy atom. The van der Waals surface area contributed by atoms with Crippen molar-refractivity contribution in [2.45, 2.75) is 0 Å². The van der Waals surface area contributed by atoms with Gasteiger partial charge in [-0.1, -0.05) is 12.1 Å². The molecule has 0 atom stereocenters. The van der Waals surface area contributed by atoms with Gasteiger partial charge in [0.05, 0.1) is 4.92 Å². The van der Waals surface area contributed by atoms with E-state index in [0.29, 0.717) is 5.56 Å². The maximum absolute atomic E-state index is 13.5. The van der Waals surface area contributed by atoms with Crippen LogP contribution in [0.3, 0.4) is 0 Å². The Bertz CT molecular complexity index is 584. The molecule has 4 nitrogen and oxygen atoms in total. The molecule has 0 bridgehead atoms. The smallest absolute Gasteiger partial charge is 0.270 e. The summed E-state index contributed by atoms with van der Waals surface area (Å²) in [5, 5.41) is 19.7. The normalized spacial score (nSPS) is 10.2. The molecule has 0 radical (unpaired) electrons. The average molecular weight is 233 g/mol. The van der Waals surface area contributed by atoms with Gasteiger partial charge in [-0.05, 0) is 17.7 Å². The topological polar surface area (TPSA) is 63.4 Å². The first-order chi connectivity index (χ1) is 8.08. The first-order valence-corrected chi connectivity index (χ1v) is 4.81. The van der Waals surface area contributed by atoms with Gasteiger partial charge in [0.15, 0.2) is 0 Å². The Balaban J connectivity index is 2.53. The third-order valence-corrected chi connectivity index (χ3v) is 2.32. The first-order valence-electron chi connectivity index (χ1n) is 4.81. The minimum absolute atomic E-state index is 0.102. The summed E-state index contributed by atoms with van der Waals surface area (Å²) in [7, 11) is 0. The molecule has 0 spiro atoms. The highest BCUT2D eigenvalue weighted by atomic mass is 19.1. The number of nitro groups is 1. The van der Waals surface area contributed by atoms with Crippen molar-refractivity contribution in [3.8, 4) is 16.9 Å². The molecule has 0 saturated carbocycles. The van der Waals surface area contributed by atoms with Crippen LogP contribution >= 0.6 is 0 Å². The SMILES string of the molecule is O=[N+]([O-])c1cccc(-c2ccc(O)cc2F)c1. The molecule has 0 fully saturated rings. The summed E-state index contributed by atoms with van der Waals surface area (Å²) in [5.74, 6) is -0.804. The number of hydrogen-bond donors (Lipinski definition) is 1. The van der Waals surface area contributed by atoms with Crippen LogP contribution in [0.4, 0.5) is 10.1 Å². The van der Waals surface area contributed by atoms with Crippen LogP contribution in [-0.2, 0) is 0 Å². The van der Waals surface area contributed by atoms with Gasteiger partial charge in [0.2, 0.25) is 0 Å². The quantitative estimate of drug-likeness (QED) is 0.640. The van der Waals surface area contributed by atoms with E-state index in [1.807, 2.05) is 0 Å². The van der Waals surface area contributed by atoms with Crippen LogP contribution in [0.1, 0.15) is 0 Å². The molecule has 1 N–H and O–H groups in total. The number of rotatable bonds is 2. The second-order valence-electron chi connectivity index (χ2n) is 3.47. The fourth-order valence-corrected chi connectivity index (χ4v) is 1.53. The highest BCUT2D eigenvalue weighted by molar-refractivity contribution is 5.67. The van der Waals surface area contributed by atoms with Gasteiger partial charge in [0.25, 0.3) is 5.69 Å². The van der Waals surface area contributed by atoms with Crippen LogP contribution in [0.15, 0.2) is 42.5 Å². The molecule has 0 heterocycles. The second-order valence-corrected chi connectivity index (χ2v) is 3.47. The number of phenols is 1. The maximum atomic E-state index is 13.5. The Morgan fingerprint density at radius 1 is 1.18 bits per heavy atom. The monoisotopic (exact) mass is 233 g/mol. The molecule has 0 aliphatic heterocycles. The number of nitrogens with zero attached hydrogens (tertiary/aromatic N) is 1. The molecule has 0 unspecified atom stereocenters. The van der Waals surface area contributed by atoms with E-state index in [1.165, 1.54) is 30.3 Å². The van der Waals surface area contributed by atoms with Crippen molar-refractivity contribution in [3.05, 3.63) is 58.4 Å². The number of aromatic hydroxyl groups is 1. The minimum Gasteiger partial charge on any atom is -0.508 e. The van der Waals surface area contributed by atoms with Gasteiger partial charge < -0.3 is 5.11 Å². The van der Waals surface area contributed by atoms with Crippen LogP contribution in [0, 0.1) is 15.9 Å². The summed E-state index contributed by atoms with van der Waals surface area (Å²) in [6.07, 6.45) is 0. The lowest BCUT2D eigenvalue weighted by Crippen LogP contribution is -1.89. The average Bonchev–Trinajstić information content (AvgIpc) is 2.29. The molecule has 2 aromatic rings. The first kappa shape index (κ1) is 11.1. The van der Waals surface area contributed by atoms with Crippen molar-refractivity contribution in [2.24, 2.45) is 0 Å². The van der Waals surface area contributed by atoms with Gasteiger partial charge in [0, 0.05) is 23.8 Å². The van der Waals surface area contributed by atoms with E-state index in [0.717, 1.165) is 6.07 Å². The van der Waals surface area contributed by atoms with Crippen molar-refractivity contribution in [2.75, 3.05) is 0 Å². The number of nitro benzene ring substituents is 1. The van der Waals surface area contributed by atoms with Gasteiger partial charge in [-0.15, -0.1) is 0 Å². The fourth-order valence-electron chi connectivity index (χ4n) is 1.53. The highest BCUT2D eigenvalue weighted by Crippen LogP contribution is 2.28. The molecular formula is C12H8FNO3. The van der Waals surface area contributed by atoms with Crippen LogP contribution < -0.4 is 0 Å². The van der Waals surface area contributed by atoms with Crippen LogP contribution in [-0.4, -0.2) is 10.0 Å². The molecule has 5 heteroatoms. The Labute approximate surface area is 96.1 Å². The van der Waals surface area contributed by atoms with E-state index < -0.39 is 10.7 Å². The lowest BCUT2D eigenvalue weighted by molar-refractivity contribution is -0.384. The second kappa shape index (κ2) is 4.21. The summed E-state index contributed by atoms with van der Waals surface area (Å²) in [4.78, 5) is 10.1. The van der Waals surface area contributed by atoms with Crippen molar-refractivity contribution in [1.82, 2.24) is 0 Å².